The number of hydrogen-bond donors (Lipinski definition) is 1. The molecule has 7 nitrogen and oxygen atoms in total. The molecule has 1 aliphatic rings. The fourth-order valence-electron chi connectivity index (χ4n) is 1.93. The molecular weight excluding hydrogens is 300 g/mol. The molecule has 20 heavy (non-hydrogen) atoms. The molecule has 1 aromatic rings. The SMILES string of the molecule is CCS(=O)(=O)N1CCN(C(=O)Nc2nc(C)cs2)CC1. The number of anilines is 1. The number of aryl methyl sites for hydroxylation is 1. The van der Waals surface area contributed by atoms with Gasteiger partial charge in [0, 0.05) is 31.6 Å². The second kappa shape index (κ2) is 6.06. The summed E-state index contributed by atoms with van der Waals surface area (Å²) >= 11 is 1.37. The quantitative estimate of drug-likeness (QED) is 0.899. The van der Waals surface area contributed by atoms with E-state index in [-0.39, 0.29) is 11.8 Å². The van der Waals surface area contributed by atoms with Gasteiger partial charge in [-0.1, -0.05) is 0 Å². The summed E-state index contributed by atoms with van der Waals surface area (Å²) in [4.78, 5) is 17.8. The first kappa shape index (κ1) is 15.2. The minimum Gasteiger partial charge on any atom is -0.322 e. The summed E-state index contributed by atoms with van der Waals surface area (Å²) in [6.45, 7) is 4.98. The van der Waals surface area contributed by atoms with Gasteiger partial charge in [-0.25, -0.2) is 18.2 Å². The van der Waals surface area contributed by atoms with Gasteiger partial charge >= 0.3 is 6.03 Å². The molecule has 0 radical (unpaired) electrons. The maximum absolute atomic E-state index is 12.0. The maximum atomic E-state index is 12.0. The number of thiazole rings is 1. The van der Waals surface area contributed by atoms with E-state index in [2.05, 4.69) is 10.3 Å². The van der Waals surface area contributed by atoms with Crippen LogP contribution in [0.3, 0.4) is 0 Å². The van der Waals surface area contributed by atoms with E-state index in [9.17, 15) is 13.2 Å². The summed E-state index contributed by atoms with van der Waals surface area (Å²) in [5.41, 5.74) is 0.865. The van der Waals surface area contributed by atoms with Crippen LogP contribution < -0.4 is 5.32 Å². The molecule has 1 aromatic heterocycles. The first-order chi connectivity index (χ1) is 9.42. The van der Waals surface area contributed by atoms with Crippen molar-refractivity contribution in [1.29, 1.82) is 0 Å². The predicted octanol–water partition coefficient (Wildman–Crippen LogP) is 0.951. The van der Waals surface area contributed by atoms with Crippen molar-refractivity contribution in [3.63, 3.8) is 0 Å². The Balaban J connectivity index is 1.89. The number of urea groups is 1. The van der Waals surface area contributed by atoms with Gasteiger partial charge in [-0.15, -0.1) is 11.3 Å². The van der Waals surface area contributed by atoms with E-state index in [4.69, 9.17) is 0 Å². The second-order valence-corrected chi connectivity index (χ2v) is 7.63. The van der Waals surface area contributed by atoms with Crippen LogP contribution in [0.4, 0.5) is 9.93 Å². The molecule has 0 aromatic carbocycles. The number of amides is 2. The number of rotatable bonds is 3. The maximum Gasteiger partial charge on any atom is 0.323 e. The van der Waals surface area contributed by atoms with Crippen LogP contribution in [0.2, 0.25) is 0 Å². The Morgan fingerprint density at radius 1 is 1.40 bits per heavy atom. The molecule has 112 valence electrons. The molecule has 0 atom stereocenters. The normalized spacial score (nSPS) is 17.2. The lowest BCUT2D eigenvalue weighted by molar-refractivity contribution is 0.184. The van der Waals surface area contributed by atoms with E-state index in [0.717, 1.165) is 5.69 Å². The zero-order valence-electron chi connectivity index (χ0n) is 11.5. The van der Waals surface area contributed by atoms with E-state index in [0.29, 0.717) is 31.3 Å². The Hall–Kier alpha value is -1.19. The third-order valence-electron chi connectivity index (χ3n) is 3.12. The van der Waals surface area contributed by atoms with E-state index < -0.39 is 10.0 Å². The minimum atomic E-state index is -3.16. The summed E-state index contributed by atoms with van der Waals surface area (Å²) in [7, 11) is -3.16. The summed E-state index contributed by atoms with van der Waals surface area (Å²) in [6.07, 6.45) is 0. The standard InChI is InChI=1S/C11H18N4O3S2/c1-3-20(17,18)15-6-4-14(5-7-15)11(16)13-10-12-9(2)8-19-10/h8H,3-7H2,1-2H3,(H,12,13,16). The van der Waals surface area contributed by atoms with Gasteiger partial charge in [0.1, 0.15) is 0 Å². The van der Waals surface area contributed by atoms with Crippen LogP contribution in [0.5, 0.6) is 0 Å². The van der Waals surface area contributed by atoms with Gasteiger partial charge in [-0.2, -0.15) is 4.31 Å². The lowest BCUT2D eigenvalue weighted by Gasteiger charge is -2.33. The zero-order valence-corrected chi connectivity index (χ0v) is 13.1. The van der Waals surface area contributed by atoms with Crippen molar-refractivity contribution < 1.29 is 13.2 Å². The van der Waals surface area contributed by atoms with Crippen molar-refractivity contribution >= 4 is 32.5 Å². The Labute approximate surface area is 122 Å². The highest BCUT2D eigenvalue weighted by molar-refractivity contribution is 7.89. The van der Waals surface area contributed by atoms with Gasteiger partial charge in [-0.05, 0) is 13.8 Å². The van der Waals surface area contributed by atoms with Gasteiger partial charge in [0.2, 0.25) is 10.0 Å². The minimum absolute atomic E-state index is 0.0948. The molecule has 0 unspecified atom stereocenters. The summed E-state index contributed by atoms with van der Waals surface area (Å²) in [6, 6.07) is -0.229. The van der Waals surface area contributed by atoms with Gasteiger partial charge in [0.05, 0.1) is 11.4 Å². The molecule has 2 rings (SSSR count). The highest BCUT2D eigenvalue weighted by Gasteiger charge is 2.27. The smallest absolute Gasteiger partial charge is 0.322 e. The largest absolute Gasteiger partial charge is 0.323 e. The van der Waals surface area contributed by atoms with Crippen LogP contribution in [0.25, 0.3) is 0 Å². The summed E-state index contributed by atoms with van der Waals surface area (Å²) in [5, 5.41) is 5.15. The molecular formula is C11H18N4O3S2. The van der Waals surface area contributed by atoms with E-state index in [1.54, 1.807) is 11.8 Å². The number of aromatic nitrogens is 1. The number of nitrogens with zero attached hydrogens (tertiary/aromatic N) is 3. The molecule has 1 aliphatic heterocycles. The van der Waals surface area contributed by atoms with Crippen LogP contribution in [0.1, 0.15) is 12.6 Å². The number of nitrogens with one attached hydrogen (secondary N) is 1. The molecule has 1 N–H and O–H groups in total. The first-order valence-electron chi connectivity index (χ1n) is 6.38. The number of carbonyl (C=O) groups excluding carboxylic acids is 1. The van der Waals surface area contributed by atoms with Crippen LogP contribution >= 0.6 is 11.3 Å². The molecule has 9 heteroatoms. The monoisotopic (exact) mass is 318 g/mol. The molecule has 0 aliphatic carbocycles. The number of hydrogen-bond acceptors (Lipinski definition) is 5. The predicted molar refractivity (Wildman–Crippen MR) is 78.5 cm³/mol. The fourth-order valence-corrected chi connectivity index (χ4v) is 3.70. The van der Waals surface area contributed by atoms with Gasteiger partial charge in [0.25, 0.3) is 0 Å². The van der Waals surface area contributed by atoms with Crippen molar-refractivity contribution in [2.75, 3.05) is 37.2 Å². The second-order valence-electron chi connectivity index (χ2n) is 4.51. The number of sulfonamides is 1. The first-order valence-corrected chi connectivity index (χ1v) is 8.87. The average molecular weight is 318 g/mol. The Bertz CT molecular complexity index is 576. The lowest BCUT2D eigenvalue weighted by Crippen LogP contribution is -2.51. The molecule has 1 fully saturated rings. The van der Waals surface area contributed by atoms with Crippen molar-refractivity contribution in [3.8, 4) is 0 Å². The number of piperazine rings is 1. The topological polar surface area (TPSA) is 82.6 Å². The Morgan fingerprint density at radius 3 is 2.55 bits per heavy atom. The van der Waals surface area contributed by atoms with Crippen molar-refractivity contribution in [3.05, 3.63) is 11.1 Å². The molecule has 2 heterocycles. The Kier molecular flexibility index (Phi) is 4.61. The summed E-state index contributed by atoms with van der Waals surface area (Å²) in [5.74, 6) is 0.0948. The Morgan fingerprint density at radius 2 is 2.05 bits per heavy atom. The third kappa shape index (κ3) is 3.47. The third-order valence-corrected chi connectivity index (χ3v) is 5.87. The van der Waals surface area contributed by atoms with E-state index >= 15 is 0 Å². The van der Waals surface area contributed by atoms with Gasteiger partial charge in [0.15, 0.2) is 5.13 Å². The summed E-state index contributed by atoms with van der Waals surface area (Å²) < 4.78 is 24.9. The zero-order chi connectivity index (χ0) is 14.8. The highest BCUT2D eigenvalue weighted by Crippen LogP contribution is 2.16. The molecule has 0 spiro atoms. The van der Waals surface area contributed by atoms with Gasteiger partial charge in [-0.3, -0.25) is 5.32 Å². The highest BCUT2D eigenvalue weighted by atomic mass is 32.2. The molecule has 2 amide bonds. The fraction of sp³-hybridized carbons (Fsp3) is 0.636. The van der Waals surface area contributed by atoms with Crippen molar-refractivity contribution in [2.45, 2.75) is 13.8 Å². The molecule has 0 saturated carbocycles. The molecule has 1 saturated heterocycles. The van der Waals surface area contributed by atoms with Crippen LogP contribution in [-0.2, 0) is 10.0 Å². The van der Waals surface area contributed by atoms with Crippen LogP contribution in [0, 0.1) is 6.92 Å². The molecule has 0 bridgehead atoms. The van der Waals surface area contributed by atoms with Crippen molar-refractivity contribution in [2.24, 2.45) is 0 Å². The van der Waals surface area contributed by atoms with Crippen molar-refractivity contribution in [1.82, 2.24) is 14.2 Å². The van der Waals surface area contributed by atoms with Crippen LogP contribution in [0.15, 0.2) is 5.38 Å². The lowest BCUT2D eigenvalue weighted by atomic mass is 10.4. The van der Waals surface area contributed by atoms with Gasteiger partial charge < -0.3 is 4.90 Å². The van der Waals surface area contributed by atoms with E-state index in [1.807, 2.05) is 12.3 Å². The van der Waals surface area contributed by atoms with E-state index in [1.165, 1.54) is 15.6 Å². The number of carbonyl (C=O) groups is 1. The average Bonchev–Trinajstić information content (AvgIpc) is 2.84. The van der Waals surface area contributed by atoms with Crippen LogP contribution in [-0.4, -0.2) is 60.6 Å².